The maximum atomic E-state index is 13.2. The second-order valence-corrected chi connectivity index (χ2v) is 5.25. The Hall–Kier alpha value is -2.67. The molecule has 0 saturated carbocycles. The van der Waals surface area contributed by atoms with Crippen LogP contribution in [-0.4, -0.2) is 62.1 Å². The number of halogens is 3. The summed E-state index contributed by atoms with van der Waals surface area (Å²) in [5.74, 6) is -0.459. The molecule has 3 N–H and O–H groups in total. The third kappa shape index (κ3) is 3.41. The van der Waals surface area contributed by atoms with E-state index in [0.29, 0.717) is 37.7 Å². The van der Waals surface area contributed by atoms with Crippen LogP contribution in [0.4, 0.5) is 25.1 Å². The molecule has 13 heteroatoms. The van der Waals surface area contributed by atoms with Crippen LogP contribution in [-0.2, 0) is 10.9 Å². The molecule has 0 radical (unpaired) electrons. The lowest BCUT2D eigenvalue weighted by Gasteiger charge is -2.27. The molecule has 3 rings (SSSR count). The fourth-order valence-electron chi connectivity index (χ4n) is 2.22. The first-order valence-electron chi connectivity index (χ1n) is 7.24. The molecule has 0 amide bonds. The summed E-state index contributed by atoms with van der Waals surface area (Å²) in [6.07, 6.45) is -4.01. The molecular weight excluding hydrogens is 345 g/mol. The second-order valence-electron chi connectivity index (χ2n) is 5.25. The zero-order valence-electron chi connectivity index (χ0n) is 13.1. The van der Waals surface area contributed by atoms with Crippen molar-refractivity contribution in [1.82, 2.24) is 24.8 Å². The van der Waals surface area contributed by atoms with Gasteiger partial charge in [0.05, 0.1) is 19.4 Å². The van der Waals surface area contributed by atoms with E-state index in [-0.39, 0.29) is 17.7 Å². The van der Waals surface area contributed by atoms with Crippen LogP contribution in [0.3, 0.4) is 0 Å². The van der Waals surface area contributed by atoms with Crippen molar-refractivity contribution in [3.8, 4) is 0 Å². The SMILES string of the molecule is CC(=N)N(O)Nc1nc(N2CCOCC2)nc2c(C(F)(F)F)cnn12. The topological polar surface area (TPSA) is 115 Å². The van der Waals surface area contributed by atoms with Crippen LogP contribution in [0.5, 0.6) is 0 Å². The van der Waals surface area contributed by atoms with E-state index in [1.807, 2.05) is 0 Å². The lowest BCUT2D eigenvalue weighted by Crippen LogP contribution is -2.38. The lowest BCUT2D eigenvalue weighted by atomic mass is 10.3. The molecule has 10 nitrogen and oxygen atoms in total. The van der Waals surface area contributed by atoms with Gasteiger partial charge in [-0.25, -0.2) is 5.43 Å². The predicted molar refractivity (Wildman–Crippen MR) is 79.5 cm³/mol. The minimum absolute atomic E-state index is 0.0420. The van der Waals surface area contributed by atoms with Gasteiger partial charge < -0.3 is 9.64 Å². The number of hydroxylamine groups is 1. The van der Waals surface area contributed by atoms with Crippen molar-refractivity contribution in [2.24, 2.45) is 0 Å². The molecule has 1 saturated heterocycles. The number of ether oxygens (including phenoxy) is 1. The van der Waals surface area contributed by atoms with Gasteiger partial charge in [-0.15, -0.1) is 5.17 Å². The molecule has 0 aromatic carbocycles. The predicted octanol–water partition coefficient (Wildman–Crippen LogP) is 0.995. The fraction of sp³-hybridized carbons (Fsp3) is 0.500. The van der Waals surface area contributed by atoms with Crippen molar-refractivity contribution in [2.75, 3.05) is 36.6 Å². The Morgan fingerprint density at radius 3 is 2.64 bits per heavy atom. The van der Waals surface area contributed by atoms with Crippen molar-refractivity contribution in [3.05, 3.63) is 11.8 Å². The van der Waals surface area contributed by atoms with Gasteiger partial charge in [0.1, 0.15) is 11.4 Å². The number of anilines is 2. The first-order valence-corrected chi connectivity index (χ1v) is 7.24. The molecule has 25 heavy (non-hydrogen) atoms. The standard InChI is InChI=1S/C12H15F3N8O2/c1-7(16)23(24)20-11-19-10(21-2-4-25-5-3-21)18-9-8(12(13,14)15)6-17-22(9)11/h6,16,24H,2-5H2,1H3,(H,18,19,20). The number of nitrogens with zero attached hydrogens (tertiary/aromatic N) is 6. The smallest absolute Gasteiger partial charge is 0.378 e. The first kappa shape index (κ1) is 17.2. The minimum atomic E-state index is -4.65. The summed E-state index contributed by atoms with van der Waals surface area (Å²) in [5, 5.41) is 21.0. The molecule has 1 aliphatic heterocycles. The van der Waals surface area contributed by atoms with Crippen LogP contribution in [0.1, 0.15) is 12.5 Å². The number of hydrogen-bond acceptors (Lipinski definition) is 8. The van der Waals surface area contributed by atoms with Gasteiger partial charge in [-0.3, -0.25) is 10.6 Å². The molecule has 1 aliphatic rings. The molecule has 0 bridgehead atoms. The number of nitrogens with one attached hydrogen (secondary N) is 2. The first-order chi connectivity index (χ1) is 11.8. The van der Waals surface area contributed by atoms with Crippen molar-refractivity contribution in [3.63, 3.8) is 0 Å². The molecule has 2 aromatic heterocycles. The Balaban J connectivity index is 2.11. The van der Waals surface area contributed by atoms with Gasteiger partial charge in [0.15, 0.2) is 5.65 Å². The molecular formula is C12H15F3N8O2. The fourth-order valence-corrected chi connectivity index (χ4v) is 2.22. The Morgan fingerprint density at radius 1 is 1.36 bits per heavy atom. The zero-order valence-corrected chi connectivity index (χ0v) is 13.1. The number of amidine groups is 1. The third-order valence-corrected chi connectivity index (χ3v) is 3.48. The van der Waals surface area contributed by atoms with Crippen molar-refractivity contribution in [1.29, 1.82) is 5.41 Å². The third-order valence-electron chi connectivity index (χ3n) is 3.48. The Bertz CT molecular complexity index is 786. The summed E-state index contributed by atoms with van der Waals surface area (Å²) in [6.45, 7) is 2.90. The Labute approximate surface area is 139 Å². The lowest BCUT2D eigenvalue weighted by molar-refractivity contribution is -0.136. The van der Waals surface area contributed by atoms with Gasteiger partial charge in [0, 0.05) is 13.1 Å². The van der Waals surface area contributed by atoms with E-state index in [1.165, 1.54) is 6.92 Å². The largest absolute Gasteiger partial charge is 0.421 e. The summed E-state index contributed by atoms with van der Waals surface area (Å²) >= 11 is 0. The number of aromatic nitrogens is 4. The van der Waals surface area contributed by atoms with E-state index < -0.39 is 17.4 Å². The number of rotatable bonds is 3. The van der Waals surface area contributed by atoms with Crippen LogP contribution in [0.25, 0.3) is 5.65 Å². The summed E-state index contributed by atoms with van der Waals surface area (Å²) in [7, 11) is 0. The van der Waals surface area contributed by atoms with Crippen molar-refractivity contribution < 1.29 is 23.1 Å². The number of morpholine rings is 1. The molecule has 0 atom stereocenters. The highest BCUT2D eigenvalue weighted by atomic mass is 19.4. The number of hydrazine groups is 1. The van der Waals surface area contributed by atoms with E-state index in [2.05, 4.69) is 20.5 Å². The van der Waals surface area contributed by atoms with Crippen molar-refractivity contribution >= 4 is 23.4 Å². The average molecular weight is 360 g/mol. The highest BCUT2D eigenvalue weighted by Gasteiger charge is 2.36. The summed E-state index contributed by atoms with van der Waals surface area (Å²) in [6, 6.07) is 0. The molecule has 0 aliphatic carbocycles. The average Bonchev–Trinajstić information content (AvgIpc) is 3.00. The van der Waals surface area contributed by atoms with Gasteiger partial charge in [0.25, 0.3) is 0 Å². The zero-order chi connectivity index (χ0) is 18.2. The van der Waals surface area contributed by atoms with E-state index in [0.717, 1.165) is 4.52 Å². The van der Waals surface area contributed by atoms with Crippen LogP contribution >= 0.6 is 0 Å². The number of fused-ring (bicyclic) bond motifs is 1. The second kappa shape index (κ2) is 6.33. The van der Waals surface area contributed by atoms with Gasteiger partial charge in [0.2, 0.25) is 11.9 Å². The molecule has 0 spiro atoms. The minimum Gasteiger partial charge on any atom is -0.378 e. The molecule has 136 valence electrons. The van der Waals surface area contributed by atoms with Gasteiger partial charge in [-0.05, 0) is 6.92 Å². The van der Waals surface area contributed by atoms with Crippen LogP contribution in [0, 0.1) is 5.41 Å². The van der Waals surface area contributed by atoms with Crippen molar-refractivity contribution in [2.45, 2.75) is 13.1 Å². The number of hydrogen-bond donors (Lipinski definition) is 3. The van der Waals surface area contributed by atoms with Crippen LogP contribution in [0.2, 0.25) is 0 Å². The van der Waals surface area contributed by atoms with Crippen LogP contribution in [0.15, 0.2) is 6.20 Å². The van der Waals surface area contributed by atoms with Gasteiger partial charge in [-0.2, -0.15) is 32.8 Å². The Kier molecular flexibility index (Phi) is 4.34. The van der Waals surface area contributed by atoms with E-state index in [9.17, 15) is 18.4 Å². The van der Waals surface area contributed by atoms with E-state index >= 15 is 0 Å². The van der Waals surface area contributed by atoms with Gasteiger partial charge in [-0.1, -0.05) is 0 Å². The highest BCUT2D eigenvalue weighted by molar-refractivity contribution is 5.76. The quantitative estimate of drug-likeness (QED) is 0.422. The van der Waals surface area contributed by atoms with E-state index in [1.54, 1.807) is 4.90 Å². The van der Waals surface area contributed by atoms with Crippen LogP contribution < -0.4 is 10.3 Å². The molecule has 1 fully saturated rings. The van der Waals surface area contributed by atoms with E-state index in [4.69, 9.17) is 10.1 Å². The highest BCUT2D eigenvalue weighted by Crippen LogP contribution is 2.33. The normalized spacial score (nSPS) is 15.5. The molecule has 2 aromatic rings. The maximum absolute atomic E-state index is 13.2. The van der Waals surface area contributed by atoms with Gasteiger partial charge >= 0.3 is 6.18 Å². The monoisotopic (exact) mass is 360 g/mol. The maximum Gasteiger partial charge on any atom is 0.421 e. The number of alkyl halides is 3. The Morgan fingerprint density at radius 2 is 2.04 bits per heavy atom. The summed E-state index contributed by atoms with van der Waals surface area (Å²) in [4.78, 5) is 9.78. The summed E-state index contributed by atoms with van der Waals surface area (Å²) < 4.78 is 45.6. The molecule has 0 unspecified atom stereocenters. The molecule has 3 heterocycles. The summed E-state index contributed by atoms with van der Waals surface area (Å²) in [5.41, 5.74) is 0.837.